The first kappa shape index (κ1) is 6.08. The highest BCUT2D eigenvalue weighted by Gasteiger charge is 1.84. The average molecular weight is 98.1 g/mol. The van der Waals surface area contributed by atoms with Crippen LogP contribution >= 0.6 is 0 Å². The Labute approximate surface area is 41.8 Å². The molecule has 0 aliphatic heterocycles. The Kier molecular flexibility index (Phi) is 2.85. The van der Waals surface area contributed by atoms with Crippen LogP contribution in [0, 0.1) is 0 Å². The van der Waals surface area contributed by atoms with Crippen molar-refractivity contribution >= 4 is 12.1 Å². The standard InChI is InChI=1S/C5H6O2/c1-2-3-5(7)4-6/h2-4H,1H3/b3-2-. The highest BCUT2D eigenvalue weighted by Crippen LogP contribution is 1.67. The van der Waals surface area contributed by atoms with Crippen molar-refractivity contribution in [2.24, 2.45) is 0 Å². The molecule has 0 heterocycles. The maximum absolute atomic E-state index is 9.96. The summed E-state index contributed by atoms with van der Waals surface area (Å²) in [6.07, 6.45) is 3.02. The van der Waals surface area contributed by atoms with Crippen molar-refractivity contribution in [2.75, 3.05) is 0 Å². The van der Waals surface area contributed by atoms with Gasteiger partial charge in [-0.15, -0.1) is 0 Å². The zero-order valence-corrected chi connectivity index (χ0v) is 4.05. The van der Waals surface area contributed by atoms with Gasteiger partial charge in [-0.05, 0) is 13.0 Å². The van der Waals surface area contributed by atoms with Crippen LogP contribution in [0.5, 0.6) is 0 Å². The van der Waals surface area contributed by atoms with Crippen molar-refractivity contribution in [3.8, 4) is 0 Å². The largest absolute Gasteiger partial charge is 0.294 e. The van der Waals surface area contributed by atoms with Crippen molar-refractivity contribution in [2.45, 2.75) is 6.92 Å². The summed E-state index contributed by atoms with van der Waals surface area (Å²) in [6, 6.07) is 0. The second kappa shape index (κ2) is 3.28. The minimum absolute atomic E-state index is 0.278. The molecule has 2 heteroatoms. The molecule has 0 radical (unpaired) electrons. The zero-order valence-electron chi connectivity index (χ0n) is 4.05. The van der Waals surface area contributed by atoms with Gasteiger partial charge in [0.05, 0.1) is 0 Å². The SMILES string of the molecule is C/C=C\C(=O)C=O. The number of carbonyl (C=O) groups is 2. The number of ketones is 1. The van der Waals surface area contributed by atoms with E-state index in [4.69, 9.17) is 0 Å². The molecular weight excluding hydrogens is 92.1 g/mol. The lowest BCUT2D eigenvalue weighted by Gasteiger charge is -1.68. The minimum atomic E-state index is -0.484. The highest BCUT2D eigenvalue weighted by atomic mass is 16.2. The van der Waals surface area contributed by atoms with E-state index in [2.05, 4.69) is 0 Å². The molecule has 38 valence electrons. The van der Waals surface area contributed by atoms with E-state index in [1.807, 2.05) is 0 Å². The van der Waals surface area contributed by atoms with Crippen molar-refractivity contribution in [3.63, 3.8) is 0 Å². The fourth-order valence-electron chi connectivity index (χ4n) is 0.204. The maximum Gasteiger partial charge on any atom is 0.217 e. The van der Waals surface area contributed by atoms with Crippen LogP contribution in [0.2, 0.25) is 0 Å². The molecule has 0 amide bonds. The first-order valence-corrected chi connectivity index (χ1v) is 1.93. The van der Waals surface area contributed by atoms with E-state index in [0.29, 0.717) is 0 Å². The first-order chi connectivity index (χ1) is 3.31. The second-order valence-corrected chi connectivity index (χ2v) is 1.02. The van der Waals surface area contributed by atoms with E-state index < -0.39 is 5.78 Å². The molecule has 0 aliphatic carbocycles. The number of hydrogen-bond acceptors (Lipinski definition) is 2. The summed E-state index contributed by atoms with van der Waals surface area (Å²) in [5, 5.41) is 0. The molecule has 0 saturated carbocycles. The third kappa shape index (κ3) is 2.89. The van der Waals surface area contributed by atoms with E-state index in [0.717, 1.165) is 0 Å². The Balaban J connectivity index is 3.58. The maximum atomic E-state index is 9.96. The summed E-state index contributed by atoms with van der Waals surface area (Å²) >= 11 is 0. The molecule has 0 spiro atoms. The van der Waals surface area contributed by atoms with Gasteiger partial charge in [0.2, 0.25) is 5.78 Å². The Bertz CT molecular complexity index is 103. The number of rotatable bonds is 2. The molecule has 0 saturated heterocycles. The van der Waals surface area contributed by atoms with Gasteiger partial charge in [-0.25, -0.2) is 0 Å². The molecule has 0 aromatic carbocycles. The van der Waals surface area contributed by atoms with Crippen LogP contribution in [0.15, 0.2) is 12.2 Å². The normalized spacial score (nSPS) is 9.29. The van der Waals surface area contributed by atoms with Gasteiger partial charge in [0.15, 0.2) is 6.29 Å². The van der Waals surface area contributed by atoms with Gasteiger partial charge in [-0.1, -0.05) is 6.08 Å². The summed E-state index contributed by atoms with van der Waals surface area (Å²) in [5.74, 6) is -0.484. The smallest absolute Gasteiger partial charge is 0.217 e. The van der Waals surface area contributed by atoms with Crippen molar-refractivity contribution < 1.29 is 9.59 Å². The fraction of sp³-hybridized carbons (Fsp3) is 0.200. The summed E-state index contributed by atoms with van der Waals surface area (Å²) in [6.45, 7) is 1.68. The van der Waals surface area contributed by atoms with E-state index >= 15 is 0 Å². The molecule has 0 unspecified atom stereocenters. The molecule has 0 rings (SSSR count). The lowest BCUT2D eigenvalue weighted by atomic mass is 10.4. The summed E-state index contributed by atoms with van der Waals surface area (Å²) in [7, 11) is 0. The summed E-state index contributed by atoms with van der Waals surface area (Å²) < 4.78 is 0. The van der Waals surface area contributed by atoms with Gasteiger partial charge in [0, 0.05) is 0 Å². The quantitative estimate of drug-likeness (QED) is 0.283. The number of aldehydes is 1. The summed E-state index contributed by atoms with van der Waals surface area (Å²) in [5.41, 5.74) is 0. The molecule has 7 heavy (non-hydrogen) atoms. The van der Waals surface area contributed by atoms with Gasteiger partial charge >= 0.3 is 0 Å². The Morgan fingerprint density at radius 3 is 2.29 bits per heavy atom. The van der Waals surface area contributed by atoms with E-state index in [-0.39, 0.29) is 6.29 Å². The zero-order chi connectivity index (χ0) is 5.70. The Hall–Kier alpha value is -0.920. The third-order valence-electron chi connectivity index (χ3n) is 0.447. The molecule has 0 aliphatic rings. The predicted octanol–water partition coefficient (Wildman–Crippen LogP) is 0.331. The van der Waals surface area contributed by atoms with E-state index in [1.165, 1.54) is 12.2 Å². The number of carbonyl (C=O) groups excluding carboxylic acids is 2. The fourth-order valence-corrected chi connectivity index (χ4v) is 0.204. The van der Waals surface area contributed by atoms with Gasteiger partial charge in [0.1, 0.15) is 0 Å². The monoisotopic (exact) mass is 98.0 g/mol. The Morgan fingerprint density at radius 2 is 2.14 bits per heavy atom. The molecule has 2 nitrogen and oxygen atoms in total. The van der Waals surface area contributed by atoms with Crippen LogP contribution in [-0.2, 0) is 9.59 Å². The lowest BCUT2D eigenvalue weighted by molar-refractivity contribution is -0.126. The van der Waals surface area contributed by atoms with Crippen LogP contribution in [0.4, 0.5) is 0 Å². The molecule has 0 bridgehead atoms. The van der Waals surface area contributed by atoms with E-state index in [1.54, 1.807) is 6.92 Å². The van der Waals surface area contributed by atoms with Gasteiger partial charge in [-0.3, -0.25) is 9.59 Å². The molecular formula is C5H6O2. The van der Waals surface area contributed by atoms with Crippen molar-refractivity contribution in [3.05, 3.63) is 12.2 Å². The molecule has 0 N–H and O–H groups in total. The third-order valence-corrected chi connectivity index (χ3v) is 0.447. The molecule has 0 aromatic rings. The van der Waals surface area contributed by atoms with Crippen LogP contribution in [0.25, 0.3) is 0 Å². The lowest BCUT2D eigenvalue weighted by Crippen LogP contribution is -1.89. The number of allylic oxidation sites excluding steroid dienone is 2. The van der Waals surface area contributed by atoms with Crippen LogP contribution in [0.1, 0.15) is 6.92 Å². The van der Waals surface area contributed by atoms with Crippen molar-refractivity contribution in [1.29, 1.82) is 0 Å². The van der Waals surface area contributed by atoms with Crippen LogP contribution in [0.3, 0.4) is 0 Å². The van der Waals surface area contributed by atoms with Gasteiger partial charge < -0.3 is 0 Å². The van der Waals surface area contributed by atoms with E-state index in [9.17, 15) is 9.59 Å². The highest BCUT2D eigenvalue weighted by molar-refractivity contribution is 6.30. The average Bonchev–Trinajstić information content (AvgIpc) is 1.68. The van der Waals surface area contributed by atoms with Crippen LogP contribution in [-0.4, -0.2) is 12.1 Å². The van der Waals surface area contributed by atoms with Crippen LogP contribution < -0.4 is 0 Å². The predicted molar refractivity (Wildman–Crippen MR) is 25.9 cm³/mol. The second-order valence-electron chi connectivity index (χ2n) is 1.02. The number of hydrogen-bond donors (Lipinski definition) is 0. The molecule has 0 aromatic heterocycles. The summed E-state index contributed by atoms with van der Waals surface area (Å²) in [4.78, 5) is 19.5. The minimum Gasteiger partial charge on any atom is -0.294 e. The molecule has 0 fully saturated rings. The molecule has 0 atom stereocenters. The van der Waals surface area contributed by atoms with Crippen molar-refractivity contribution in [1.82, 2.24) is 0 Å². The topological polar surface area (TPSA) is 34.1 Å². The Morgan fingerprint density at radius 1 is 1.57 bits per heavy atom. The van der Waals surface area contributed by atoms with Gasteiger partial charge in [-0.2, -0.15) is 0 Å². The first-order valence-electron chi connectivity index (χ1n) is 1.93. The van der Waals surface area contributed by atoms with Gasteiger partial charge in [0.25, 0.3) is 0 Å².